The quantitative estimate of drug-likeness (QED) is 0.339. The molecule has 184 valence electrons. The van der Waals surface area contributed by atoms with Gasteiger partial charge in [0.2, 0.25) is 0 Å². The van der Waals surface area contributed by atoms with Crippen LogP contribution in [0.15, 0.2) is 91.1 Å². The van der Waals surface area contributed by atoms with E-state index in [0.717, 1.165) is 26.9 Å². The summed E-state index contributed by atoms with van der Waals surface area (Å²) in [7, 11) is 0. The highest BCUT2D eigenvalue weighted by molar-refractivity contribution is 5.98. The fraction of sp³-hybridized carbons (Fsp3) is 0.214. The van der Waals surface area contributed by atoms with Crippen LogP contribution in [0.1, 0.15) is 40.0 Å². The number of fused-ring (bicyclic) bond motifs is 1. The van der Waals surface area contributed by atoms with E-state index in [0.29, 0.717) is 13.0 Å². The smallest absolute Gasteiger partial charge is 0.363 e. The van der Waals surface area contributed by atoms with Crippen molar-refractivity contribution in [2.45, 2.75) is 31.1 Å². The molecule has 0 spiro atoms. The topological polar surface area (TPSA) is 59.0 Å². The average molecular weight is 491 g/mol. The SMILES string of the molecule is O=C(NCCc1ccc(-c2ccccc2)cc1)c1cnn2c1N[C@@H](c1ccccc1)C[C@H]2C(F)(F)F. The van der Waals surface area contributed by atoms with Crippen molar-refractivity contribution < 1.29 is 18.0 Å². The Labute approximate surface area is 207 Å². The maximum absolute atomic E-state index is 13.9. The number of benzene rings is 3. The van der Waals surface area contributed by atoms with E-state index < -0.39 is 24.2 Å². The molecule has 0 saturated carbocycles. The number of hydrogen-bond acceptors (Lipinski definition) is 3. The molecule has 36 heavy (non-hydrogen) atoms. The van der Waals surface area contributed by atoms with Crippen LogP contribution in [0.4, 0.5) is 19.0 Å². The fourth-order valence-electron chi connectivity index (χ4n) is 4.54. The number of nitrogens with zero attached hydrogens (tertiary/aromatic N) is 2. The van der Waals surface area contributed by atoms with E-state index in [9.17, 15) is 18.0 Å². The van der Waals surface area contributed by atoms with Gasteiger partial charge in [0.15, 0.2) is 6.04 Å². The van der Waals surface area contributed by atoms with E-state index in [4.69, 9.17) is 0 Å². The number of alkyl halides is 3. The van der Waals surface area contributed by atoms with Crippen LogP contribution in [0, 0.1) is 0 Å². The highest BCUT2D eigenvalue weighted by Crippen LogP contribution is 2.44. The minimum atomic E-state index is -4.49. The first-order valence-electron chi connectivity index (χ1n) is 11.8. The van der Waals surface area contributed by atoms with Crippen molar-refractivity contribution in [3.05, 3.63) is 108 Å². The van der Waals surface area contributed by atoms with Crippen LogP contribution >= 0.6 is 0 Å². The number of nitrogens with one attached hydrogen (secondary N) is 2. The second kappa shape index (κ2) is 9.89. The van der Waals surface area contributed by atoms with Crippen molar-refractivity contribution in [1.82, 2.24) is 15.1 Å². The van der Waals surface area contributed by atoms with E-state index in [1.54, 1.807) is 24.3 Å². The zero-order valence-corrected chi connectivity index (χ0v) is 19.4. The maximum Gasteiger partial charge on any atom is 0.410 e. The van der Waals surface area contributed by atoms with E-state index in [2.05, 4.69) is 15.7 Å². The number of rotatable bonds is 6. The number of hydrogen-bond donors (Lipinski definition) is 2. The maximum atomic E-state index is 13.9. The fourth-order valence-corrected chi connectivity index (χ4v) is 4.54. The Hall–Kier alpha value is -4.07. The van der Waals surface area contributed by atoms with Crippen LogP contribution < -0.4 is 10.6 Å². The van der Waals surface area contributed by atoms with Gasteiger partial charge in [-0.1, -0.05) is 84.9 Å². The largest absolute Gasteiger partial charge is 0.410 e. The molecule has 1 aliphatic heterocycles. The molecule has 5 rings (SSSR count). The first-order chi connectivity index (χ1) is 17.4. The molecule has 2 heterocycles. The number of amides is 1. The minimum Gasteiger partial charge on any atom is -0.363 e. The Bertz CT molecular complexity index is 1320. The Morgan fingerprint density at radius 2 is 1.58 bits per heavy atom. The summed E-state index contributed by atoms with van der Waals surface area (Å²) < 4.78 is 42.5. The van der Waals surface area contributed by atoms with Crippen molar-refractivity contribution in [1.29, 1.82) is 0 Å². The Morgan fingerprint density at radius 1 is 0.944 bits per heavy atom. The Balaban J connectivity index is 1.27. The lowest BCUT2D eigenvalue weighted by Crippen LogP contribution is -2.36. The summed E-state index contributed by atoms with van der Waals surface area (Å²) in [6.07, 6.45) is -2.90. The lowest BCUT2D eigenvalue weighted by atomic mass is 9.96. The van der Waals surface area contributed by atoms with Gasteiger partial charge < -0.3 is 10.6 Å². The van der Waals surface area contributed by atoms with Gasteiger partial charge in [0, 0.05) is 13.0 Å². The van der Waals surface area contributed by atoms with Crippen LogP contribution in [-0.2, 0) is 6.42 Å². The van der Waals surface area contributed by atoms with Gasteiger partial charge in [-0.2, -0.15) is 18.3 Å². The lowest BCUT2D eigenvalue weighted by molar-refractivity contribution is -0.173. The molecular formula is C28H25F3N4O. The van der Waals surface area contributed by atoms with E-state index in [1.807, 2.05) is 60.7 Å². The van der Waals surface area contributed by atoms with Gasteiger partial charge in [-0.15, -0.1) is 0 Å². The van der Waals surface area contributed by atoms with Crippen molar-refractivity contribution >= 4 is 11.7 Å². The van der Waals surface area contributed by atoms with Gasteiger partial charge >= 0.3 is 6.18 Å². The zero-order chi connectivity index (χ0) is 25.1. The molecule has 2 atom stereocenters. The van der Waals surface area contributed by atoms with Gasteiger partial charge in [-0.3, -0.25) is 4.79 Å². The number of carbonyl (C=O) groups excluding carboxylic acids is 1. The molecule has 0 aliphatic carbocycles. The predicted octanol–water partition coefficient (Wildman–Crippen LogP) is 6.18. The molecule has 0 bridgehead atoms. The first kappa shape index (κ1) is 23.7. The van der Waals surface area contributed by atoms with Crippen molar-refractivity contribution in [2.75, 3.05) is 11.9 Å². The third-order valence-corrected chi connectivity index (χ3v) is 6.45. The molecule has 8 heteroatoms. The third kappa shape index (κ3) is 4.98. The number of anilines is 1. The predicted molar refractivity (Wildman–Crippen MR) is 133 cm³/mol. The molecule has 0 fully saturated rings. The van der Waals surface area contributed by atoms with Crippen LogP contribution in [0.2, 0.25) is 0 Å². The molecule has 0 saturated heterocycles. The summed E-state index contributed by atoms with van der Waals surface area (Å²) in [6.45, 7) is 0.346. The average Bonchev–Trinajstić information content (AvgIpc) is 3.33. The summed E-state index contributed by atoms with van der Waals surface area (Å²) in [5, 5.41) is 9.87. The summed E-state index contributed by atoms with van der Waals surface area (Å²) in [4.78, 5) is 12.9. The molecule has 0 radical (unpaired) electrons. The Kier molecular flexibility index (Phi) is 6.50. The molecule has 4 aromatic rings. The number of halogens is 3. The molecule has 2 N–H and O–H groups in total. The highest BCUT2D eigenvalue weighted by atomic mass is 19.4. The lowest BCUT2D eigenvalue weighted by Gasteiger charge is -2.34. The Morgan fingerprint density at radius 3 is 2.25 bits per heavy atom. The van der Waals surface area contributed by atoms with Crippen molar-refractivity contribution in [2.24, 2.45) is 0 Å². The van der Waals surface area contributed by atoms with Gasteiger partial charge in [0.1, 0.15) is 11.4 Å². The van der Waals surface area contributed by atoms with Gasteiger partial charge in [0.05, 0.1) is 12.2 Å². The van der Waals surface area contributed by atoms with Crippen LogP contribution in [0.25, 0.3) is 11.1 Å². The van der Waals surface area contributed by atoms with Crippen molar-refractivity contribution in [3.63, 3.8) is 0 Å². The third-order valence-electron chi connectivity index (χ3n) is 6.45. The normalized spacial score (nSPS) is 17.2. The second-order valence-electron chi connectivity index (χ2n) is 8.82. The number of aromatic nitrogens is 2. The zero-order valence-electron chi connectivity index (χ0n) is 19.4. The molecule has 3 aromatic carbocycles. The minimum absolute atomic E-state index is 0.0853. The standard InChI is InChI=1S/C28H25F3N4O/c29-28(30,31)25-17-24(22-9-5-2-6-10-22)34-26-23(18-33-35(25)26)27(36)32-16-15-19-11-13-21(14-12-19)20-7-3-1-4-8-20/h1-14,18,24-25,34H,15-17H2,(H,32,36)/t24-,25+/m1/s1. The van der Waals surface area contributed by atoms with E-state index in [1.165, 1.54) is 6.20 Å². The summed E-state index contributed by atoms with van der Waals surface area (Å²) in [5.41, 5.74) is 4.11. The van der Waals surface area contributed by atoms with Crippen LogP contribution in [0.3, 0.4) is 0 Å². The monoisotopic (exact) mass is 490 g/mol. The highest BCUT2D eigenvalue weighted by Gasteiger charge is 2.47. The van der Waals surface area contributed by atoms with Crippen molar-refractivity contribution in [3.8, 4) is 11.1 Å². The molecule has 5 nitrogen and oxygen atoms in total. The molecule has 1 aromatic heterocycles. The summed E-state index contributed by atoms with van der Waals surface area (Å²) in [6, 6.07) is 24.7. The summed E-state index contributed by atoms with van der Waals surface area (Å²) in [5.74, 6) is -0.374. The molecule has 1 aliphatic rings. The molecule has 0 unspecified atom stereocenters. The van der Waals surface area contributed by atoms with Gasteiger partial charge in [-0.05, 0) is 28.7 Å². The molecule has 1 amide bonds. The van der Waals surface area contributed by atoms with Gasteiger partial charge in [-0.25, -0.2) is 4.68 Å². The van der Waals surface area contributed by atoms with Crippen LogP contribution in [0.5, 0.6) is 0 Å². The summed E-state index contributed by atoms with van der Waals surface area (Å²) >= 11 is 0. The second-order valence-corrected chi connectivity index (χ2v) is 8.82. The van der Waals surface area contributed by atoms with E-state index in [-0.39, 0.29) is 17.8 Å². The van der Waals surface area contributed by atoms with Crippen LogP contribution in [-0.4, -0.2) is 28.4 Å². The van der Waals surface area contributed by atoms with Gasteiger partial charge in [0.25, 0.3) is 5.91 Å². The molecular weight excluding hydrogens is 465 g/mol. The number of carbonyl (C=O) groups is 1. The first-order valence-corrected chi connectivity index (χ1v) is 11.8. The van der Waals surface area contributed by atoms with E-state index >= 15 is 0 Å².